The zero-order valence-corrected chi connectivity index (χ0v) is 12.7. The van der Waals surface area contributed by atoms with Gasteiger partial charge in [0.25, 0.3) is 0 Å². The molecule has 0 saturated heterocycles. The van der Waals surface area contributed by atoms with Gasteiger partial charge in [0.2, 0.25) is 10.0 Å². The summed E-state index contributed by atoms with van der Waals surface area (Å²) in [6.07, 6.45) is 3.93. The summed E-state index contributed by atoms with van der Waals surface area (Å²) in [6.45, 7) is 3.91. The van der Waals surface area contributed by atoms with Crippen LogP contribution in [0.15, 0.2) is 15.7 Å². The first-order valence-electron chi connectivity index (χ1n) is 6.21. The molecule has 1 unspecified atom stereocenters. The SMILES string of the molecule is CCCCCC(C)NS(=O)(=O)c1cc(C(=O)O)cs1. The van der Waals surface area contributed by atoms with E-state index in [4.69, 9.17) is 5.11 Å². The average molecular weight is 305 g/mol. The lowest BCUT2D eigenvalue weighted by Crippen LogP contribution is -2.32. The van der Waals surface area contributed by atoms with E-state index in [2.05, 4.69) is 11.6 Å². The van der Waals surface area contributed by atoms with Crippen molar-refractivity contribution in [3.05, 3.63) is 17.0 Å². The maximum absolute atomic E-state index is 12.0. The Labute approximate surface area is 117 Å². The number of sulfonamides is 1. The number of carboxylic acids is 1. The Bertz CT molecular complexity index is 522. The van der Waals surface area contributed by atoms with Crippen molar-refractivity contribution < 1.29 is 18.3 Å². The average Bonchev–Trinajstić information content (AvgIpc) is 2.78. The normalized spacial score (nSPS) is 13.4. The molecule has 0 aliphatic rings. The van der Waals surface area contributed by atoms with Gasteiger partial charge in [-0.1, -0.05) is 26.2 Å². The molecule has 7 heteroatoms. The summed E-state index contributed by atoms with van der Waals surface area (Å²) in [5.74, 6) is -1.12. The smallest absolute Gasteiger partial charge is 0.336 e. The van der Waals surface area contributed by atoms with Crippen LogP contribution >= 0.6 is 11.3 Å². The largest absolute Gasteiger partial charge is 0.478 e. The molecule has 2 N–H and O–H groups in total. The summed E-state index contributed by atoms with van der Waals surface area (Å²) in [7, 11) is -3.60. The molecular formula is C12H19NO4S2. The van der Waals surface area contributed by atoms with Gasteiger partial charge in [0, 0.05) is 11.4 Å². The van der Waals surface area contributed by atoms with Gasteiger partial charge in [-0.3, -0.25) is 0 Å². The first kappa shape index (κ1) is 16.1. The van der Waals surface area contributed by atoms with Crippen molar-refractivity contribution in [1.29, 1.82) is 0 Å². The first-order chi connectivity index (χ1) is 8.86. The Kier molecular flexibility index (Phi) is 5.96. The van der Waals surface area contributed by atoms with E-state index in [0.29, 0.717) is 0 Å². The number of hydrogen-bond acceptors (Lipinski definition) is 4. The molecule has 0 fully saturated rings. The lowest BCUT2D eigenvalue weighted by molar-refractivity contribution is 0.0697. The molecule has 0 aliphatic carbocycles. The Morgan fingerprint density at radius 1 is 1.47 bits per heavy atom. The molecular weight excluding hydrogens is 286 g/mol. The number of carbonyl (C=O) groups is 1. The van der Waals surface area contributed by atoms with E-state index < -0.39 is 16.0 Å². The fraction of sp³-hybridized carbons (Fsp3) is 0.583. The second kappa shape index (κ2) is 7.02. The topological polar surface area (TPSA) is 83.5 Å². The molecule has 19 heavy (non-hydrogen) atoms. The third kappa shape index (κ3) is 4.93. The van der Waals surface area contributed by atoms with Gasteiger partial charge < -0.3 is 5.11 Å². The van der Waals surface area contributed by atoms with Crippen molar-refractivity contribution in [1.82, 2.24) is 4.72 Å². The van der Waals surface area contributed by atoms with E-state index >= 15 is 0 Å². The number of carboxylic acid groups (broad SMARTS) is 1. The van der Waals surface area contributed by atoms with E-state index in [0.717, 1.165) is 37.0 Å². The van der Waals surface area contributed by atoms with Crippen molar-refractivity contribution in [3.63, 3.8) is 0 Å². The summed E-state index contributed by atoms with van der Waals surface area (Å²) in [6, 6.07) is 1.04. The third-order valence-corrected chi connectivity index (χ3v) is 5.71. The quantitative estimate of drug-likeness (QED) is 0.723. The zero-order chi connectivity index (χ0) is 14.5. The van der Waals surface area contributed by atoms with Crippen LogP contribution in [0.2, 0.25) is 0 Å². The molecule has 108 valence electrons. The lowest BCUT2D eigenvalue weighted by atomic mass is 10.1. The van der Waals surface area contributed by atoms with Crippen molar-refractivity contribution >= 4 is 27.3 Å². The highest BCUT2D eigenvalue weighted by molar-refractivity contribution is 7.91. The van der Waals surface area contributed by atoms with Gasteiger partial charge in [0.05, 0.1) is 5.56 Å². The molecule has 5 nitrogen and oxygen atoms in total. The second-order valence-electron chi connectivity index (χ2n) is 4.48. The monoisotopic (exact) mass is 305 g/mol. The molecule has 1 aromatic heterocycles. The Balaban J connectivity index is 2.66. The van der Waals surface area contributed by atoms with Gasteiger partial charge in [0.1, 0.15) is 4.21 Å². The molecule has 1 aromatic rings. The van der Waals surface area contributed by atoms with Crippen molar-refractivity contribution in [3.8, 4) is 0 Å². The molecule has 0 aliphatic heterocycles. The second-order valence-corrected chi connectivity index (χ2v) is 7.33. The van der Waals surface area contributed by atoms with Crippen LogP contribution in [0.4, 0.5) is 0 Å². The third-order valence-electron chi connectivity index (χ3n) is 2.68. The zero-order valence-electron chi connectivity index (χ0n) is 11.0. The van der Waals surface area contributed by atoms with Crippen LogP contribution in [-0.2, 0) is 10.0 Å². The lowest BCUT2D eigenvalue weighted by Gasteiger charge is -2.12. The summed E-state index contributed by atoms with van der Waals surface area (Å²) >= 11 is 0.924. The number of rotatable bonds is 8. The fourth-order valence-electron chi connectivity index (χ4n) is 1.65. The van der Waals surface area contributed by atoms with Crippen LogP contribution in [0.25, 0.3) is 0 Å². The number of unbranched alkanes of at least 4 members (excludes halogenated alkanes) is 2. The Morgan fingerprint density at radius 2 is 2.16 bits per heavy atom. The van der Waals surface area contributed by atoms with Crippen LogP contribution in [0.1, 0.15) is 49.9 Å². The minimum Gasteiger partial charge on any atom is -0.478 e. The van der Waals surface area contributed by atoms with E-state index in [-0.39, 0.29) is 15.8 Å². The molecule has 0 amide bonds. The molecule has 0 saturated carbocycles. The van der Waals surface area contributed by atoms with E-state index in [1.165, 1.54) is 11.4 Å². The highest BCUT2D eigenvalue weighted by Crippen LogP contribution is 2.20. The van der Waals surface area contributed by atoms with Crippen LogP contribution in [-0.4, -0.2) is 25.5 Å². The van der Waals surface area contributed by atoms with E-state index in [1.807, 2.05) is 6.92 Å². The van der Waals surface area contributed by atoms with Crippen LogP contribution in [0.3, 0.4) is 0 Å². The van der Waals surface area contributed by atoms with Crippen LogP contribution in [0.5, 0.6) is 0 Å². The summed E-state index contributed by atoms with van der Waals surface area (Å²) < 4.78 is 26.7. The van der Waals surface area contributed by atoms with Gasteiger partial charge in [0.15, 0.2) is 0 Å². The van der Waals surface area contributed by atoms with Gasteiger partial charge >= 0.3 is 5.97 Å². The molecule has 1 heterocycles. The van der Waals surface area contributed by atoms with Crippen molar-refractivity contribution in [2.75, 3.05) is 0 Å². The Morgan fingerprint density at radius 3 is 2.68 bits per heavy atom. The van der Waals surface area contributed by atoms with E-state index in [1.54, 1.807) is 0 Å². The number of thiophene rings is 1. The van der Waals surface area contributed by atoms with Gasteiger partial charge in [-0.25, -0.2) is 17.9 Å². The minimum atomic E-state index is -3.60. The maximum atomic E-state index is 12.0. The molecule has 0 bridgehead atoms. The number of hydrogen-bond donors (Lipinski definition) is 2. The summed E-state index contributed by atoms with van der Waals surface area (Å²) in [5.41, 5.74) is 0.00371. The molecule has 0 aromatic carbocycles. The minimum absolute atomic E-state index is 0.00371. The highest BCUT2D eigenvalue weighted by atomic mass is 32.2. The maximum Gasteiger partial charge on any atom is 0.336 e. The standard InChI is InChI=1S/C12H19NO4S2/c1-3-4-5-6-9(2)13-19(16,17)11-7-10(8-18-11)12(14)15/h7-9,13H,3-6H2,1-2H3,(H,14,15). The van der Waals surface area contributed by atoms with Gasteiger partial charge in [-0.15, -0.1) is 11.3 Å². The molecule has 0 spiro atoms. The van der Waals surface area contributed by atoms with E-state index in [9.17, 15) is 13.2 Å². The molecule has 1 atom stereocenters. The number of nitrogens with one attached hydrogen (secondary N) is 1. The Hall–Kier alpha value is -0.920. The predicted molar refractivity (Wildman–Crippen MR) is 75.2 cm³/mol. The van der Waals surface area contributed by atoms with Gasteiger partial charge in [-0.2, -0.15) is 0 Å². The first-order valence-corrected chi connectivity index (χ1v) is 8.57. The number of aromatic carboxylic acids is 1. The molecule has 1 rings (SSSR count). The van der Waals surface area contributed by atoms with Crippen LogP contribution in [0, 0.1) is 0 Å². The fourth-order valence-corrected chi connectivity index (χ4v) is 4.10. The van der Waals surface area contributed by atoms with Crippen molar-refractivity contribution in [2.45, 2.75) is 49.8 Å². The summed E-state index contributed by atoms with van der Waals surface area (Å²) in [4.78, 5) is 10.7. The van der Waals surface area contributed by atoms with Crippen LogP contribution < -0.4 is 4.72 Å². The molecule has 0 radical (unpaired) electrons. The predicted octanol–water partition coefficient (Wildman–Crippen LogP) is 2.69. The summed E-state index contributed by atoms with van der Waals surface area (Å²) in [5, 5.41) is 10.1. The highest BCUT2D eigenvalue weighted by Gasteiger charge is 2.20. The van der Waals surface area contributed by atoms with Gasteiger partial charge in [-0.05, 0) is 19.4 Å². The van der Waals surface area contributed by atoms with Crippen molar-refractivity contribution in [2.24, 2.45) is 0 Å².